The largest absolute Gasteiger partial charge is 0.433 e. The highest BCUT2D eigenvalue weighted by Gasteiger charge is 2.36. The van der Waals surface area contributed by atoms with Gasteiger partial charge in [-0.05, 0) is 6.92 Å². The summed E-state index contributed by atoms with van der Waals surface area (Å²) >= 11 is 0. The molecule has 88 valence electrons. The molecule has 4 nitrogen and oxygen atoms in total. The van der Waals surface area contributed by atoms with Crippen molar-refractivity contribution < 1.29 is 17.9 Å². The van der Waals surface area contributed by atoms with Crippen LogP contribution in [0.2, 0.25) is 0 Å². The molecule has 0 fully saturated rings. The van der Waals surface area contributed by atoms with E-state index >= 15 is 0 Å². The Bertz CT molecular complexity index is 250. The van der Waals surface area contributed by atoms with Crippen molar-refractivity contribution >= 4 is 6.21 Å². The maximum atomic E-state index is 12.4. The Labute approximate surface area is 85.8 Å². The number of halogens is 3. The first-order chi connectivity index (χ1) is 6.82. The van der Waals surface area contributed by atoms with Gasteiger partial charge in [-0.2, -0.15) is 13.2 Å². The molecule has 1 atom stereocenters. The van der Waals surface area contributed by atoms with Gasteiger partial charge >= 0.3 is 6.18 Å². The summed E-state index contributed by atoms with van der Waals surface area (Å²) in [5.41, 5.74) is 3.30. The second kappa shape index (κ2) is 5.59. The van der Waals surface area contributed by atoms with Crippen molar-refractivity contribution in [2.45, 2.75) is 19.1 Å². The van der Waals surface area contributed by atoms with E-state index in [9.17, 15) is 13.2 Å². The second-order valence-corrected chi connectivity index (χ2v) is 2.97. The van der Waals surface area contributed by atoms with Crippen LogP contribution in [0.25, 0.3) is 0 Å². The lowest BCUT2D eigenvalue weighted by molar-refractivity contribution is -0.0987. The number of hydrogen-bond acceptors (Lipinski definition) is 4. The summed E-state index contributed by atoms with van der Waals surface area (Å²) in [6.07, 6.45) is -4.14. The first kappa shape index (κ1) is 13.8. The molecule has 0 rings (SSSR count). The number of allylic oxidation sites excluding steroid dienone is 2. The van der Waals surface area contributed by atoms with Crippen LogP contribution in [0.4, 0.5) is 13.2 Å². The summed E-state index contributed by atoms with van der Waals surface area (Å²) in [5.74, 6) is 0. The number of rotatable bonds is 5. The van der Waals surface area contributed by atoms with Crippen molar-refractivity contribution in [3.05, 3.63) is 11.4 Å². The molecule has 0 bridgehead atoms. The third-order valence-electron chi connectivity index (χ3n) is 1.54. The van der Waals surface area contributed by atoms with Gasteiger partial charge in [-0.25, -0.2) is 0 Å². The molecule has 0 aliphatic heterocycles. The molecule has 0 saturated carbocycles. The zero-order chi connectivity index (χ0) is 12.1. The molecule has 0 aliphatic carbocycles. The van der Waals surface area contributed by atoms with Crippen LogP contribution in [-0.4, -0.2) is 32.1 Å². The van der Waals surface area contributed by atoms with Crippen LogP contribution >= 0.6 is 0 Å². The number of nitrogens with one attached hydrogen (secondary N) is 2. The molecule has 0 spiro atoms. The van der Waals surface area contributed by atoms with Crippen LogP contribution in [0.15, 0.2) is 11.4 Å². The minimum atomic E-state index is -4.59. The van der Waals surface area contributed by atoms with E-state index in [4.69, 9.17) is 11.1 Å². The fourth-order valence-corrected chi connectivity index (χ4v) is 0.939. The van der Waals surface area contributed by atoms with Gasteiger partial charge in [-0.15, -0.1) is 0 Å². The molecule has 1 unspecified atom stereocenters. The van der Waals surface area contributed by atoms with Crippen molar-refractivity contribution in [1.29, 1.82) is 5.41 Å². The van der Waals surface area contributed by atoms with Gasteiger partial charge in [0, 0.05) is 19.4 Å². The van der Waals surface area contributed by atoms with Crippen molar-refractivity contribution in [1.82, 2.24) is 5.32 Å². The summed E-state index contributed by atoms with van der Waals surface area (Å²) in [5, 5.41) is 8.85. The minimum absolute atomic E-state index is 0.116. The van der Waals surface area contributed by atoms with E-state index in [1.54, 1.807) is 0 Å². The first-order valence-electron chi connectivity index (χ1n) is 4.15. The molecule has 0 aromatic heterocycles. The predicted molar refractivity (Wildman–Crippen MR) is 50.5 cm³/mol. The van der Waals surface area contributed by atoms with Gasteiger partial charge in [0.1, 0.15) is 5.70 Å². The average Bonchev–Trinajstić information content (AvgIpc) is 2.12. The number of methoxy groups -OCH3 is 1. The van der Waals surface area contributed by atoms with Crippen molar-refractivity contribution in [2.24, 2.45) is 5.73 Å². The smallest absolute Gasteiger partial charge is 0.396 e. The molecule has 0 saturated heterocycles. The van der Waals surface area contributed by atoms with E-state index in [0.717, 1.165) is 0 Å². The summed E-state index contributed by atoms with van der Waals surface area (Å²) < 4.78 is 41.9. The topological polar surface area (TPSA) is 71.1 Å². The van der Waals surface area contributed by atoms with Gasteiger partial charge in [0.05, 0.1) is 12.3 Å². The van der Waals surface area contributed by atoms with Crippen molar-refractivity contribution in [3.8, 4) is 0 Å². The van der Waals surface area contributed by atoms with E-state index in [-0.39, 0.29) is 6.61 Å². The molecule has 0 radical (unpaired) electrons. The number of ether oxygens (including phenoxy) is 1. The molecule has 4 N–H and O–H groups in total. The first-order valence-corrected chi connectivity index (χ1v) is 4.15. The van der Waals surface area contributed by atoms with Crippen molar-refractivity contribution in [2.75, 3.05) is 13.7 Å². The molecule has 0 aliphatic rings. The Morgan fingerprint density at radius 3 is 2.47 bits per heavy atom. The van der Waals surface area contributed by atoms with Gasteiger partial charge in [0.2, 0.25) is 0 Å². The Balaban J connectivity index is 4.76. The van der Waals surface area contributed by atoms with E-state index < -0.39 is 23.6 Å². The lowest BCUT2D eigenvalue weighted by Crippen LogP contribution is -2.38. The highest BCUT2D eigenvalue weighted by atomic mass is 19.4. The molecule has 7 heteroatoms. The van der Waals surface area contributed by atoms with Crippen LogP contribution in [0.3, 0.4) is 0 Å². The third-order valence-corrected chi connectivity index (χ3v) is 1.54. The molecule has 15 heavy (non-hydrogen) atoms. The minimum Gasteiger partial charge on any atom is -0.396 e. The lowest BCUT2D eigenvalue weighted by atomic mass is 10.2. The lowest BCUT2D eigenvalue weighted by Gasteiger charge is -2.20. The zero-order valence-electron chi connectivity index (χ0n) is 8.48. The van der Waals surface area contributed by atoms with Crippen LogP contribution in [0.5, 0.6) is 0 Å². The number of alkyl halides is 3. The standard InChI is InChI=1S/C8H14F3N3O/c1-5(4-15-2)14-7(6(13)3-12)8(9,10)11/h3,5,12,14H,4,13H2,1-2H3/b7-6+,12-3?. The van der Waals surface area contributed by atoms with E-state index in [1.165, 1.54) is 14.0 Å². The van der Waals surface area contributed by atoms with E-state index in [2.05, 4.69) is 10.1 Å². The predicted octanol–water partition coefficient (Wildman–Crippen LogP) is 0.993. The van der Waals surface area contributed by atoms with Gasteiger partial charge < -0.3 is 21.2 Å². The molecule has 0 aromatic carbocycles. The van der Waals surface area contributed by atoms with Crippen molar-refractivity contribution in [3.63, 3.8) is 0 Å². The molecular formula is C8H14F3N3O. The summed E-state index contributed by atoms with van der Waals surface area (Å²) in [6.45, 7) is 1.64. The van der Waals surface area contributed by atoms with Gasteiger partial charge in [-0.1, -0.05) is 0 Å². The summed E-state index contributed by atoms with van der Waals surface area (Å²) in [6, 6.07) is -0.537. The monoisotopic (exact) mass is 225 g/mol. The Hall–Kier alpha value is -1.24. The Morgan fingerprint density at radius 2 is 2.13 bits per heavy atom. The number of hydrogen-bond donors (Lipinski definition) is 3. The Kier molecular flexibility index (Phi) is 5.13. The molecule has 0 aromatic rings. The van der Waals surface area contributed by atoms with Gasteiger partial charge in [0.25, 0.3) is 0 Å². The van der Waals surface area contributed by atoms with Gasteiger partial charge in [-0.3, -0.25) is 0 Å². The van der Waals surface area contributed by atoms with E-state index in [1.807, 2.05) is 0 Å². The molecule has 0 amide bonds. The quantitative estimate of drug-likeness (QED) is 0.611. The highest BCUT2D eigenvalue weighted by molar-refractivity contribution is 5.75. The average molecular weight is 225 g/mol. The SMILES string of the molecule is COCC(C)N/C(=C(/N)C=N)C(F)(F)F. The zero-order valence-corrected chi connectivity index (χ0v) is 8.48. The second-order valence-electron chi connectivity index (χ2n) is 2.97. The fraction of sp³-hybridized carbons (Fsp3) is 0.625. The highest BCUT2D eigenvalue weighted by Crippen LogP contribution is 2.24. The molecular weight excluding hydrogens is 211 g/mol. The Morgan fingerprint density at radius 1 is 1.60 bits per heavy atom. The molecule has 0 heterocycles. The summed E-state index contributed by atoms with van der Waals surface area (Å²) in [4.78, 5) is 0. The normalized spacial score (nSPS) is 15.5. The maximum Gasteiger partial charge on any atom is 0.433 e. The van der Waals surface area contributed by atoms with Crippen LogP contribution in [-0.2, 0) is 4.74 Å². The fourth-order valence-electron chi connectivity index (χ4n) is 0.939. The summed E-state index contributed by atoms with van der Waals surface area (Å²) in [7, 11) is 1.38. The third kappa shape index (κ3) is 4.68. The maximum absolute atomic E-state index is 12.4. The van der Waals surface area contributed by atoms with Crippen LogP contribution in [0.1, 0.15) is 6.92 Å². The van der Waals surface area contributed by atoms with Crippen LogP contribution in [0, 0.1) is 5.41 Å². The van der Waals surface area contributed by atoms with E-state index in [0.29, 0.717) is 6.21 Å². The van der Waals surface area contributed by atoms with Crippen LogP contribution < -0.4 is 11.1 Å². The number of nitrogens with two attached hydrogens (primary N) is 1. The van der Waals surface area contributed by atoms with Gasteiger partial charge in [0.15, 0.2) is 0 Å².